The van der Waals surface area contributed by atoms with E-state index in [4.69, 9.17) is 42.6 Å². The maximum Gasteiger partial charge on any atom is 0.302 e. The van der Waals surface area contributed by atoms with Crippen molar-refractivity contribution in [2.75, 3.05) is 92.4 Å². The lowest BCUT2D eigenvalue weighted by Gasteiger charge is -2.44. The van der Waals surface area contributed by atoms with Crippen LogP contribution in [0.1, 0.15) is 350 Å². The summed E-state index contributed by atoms with van der Waals surface area (Å²) >= 11 is 0. The average Bonchev–Trinajstić information content (AvgIpc) is 0.817. The Hall–Kier alpha value is -5.76. The molecule has 3 aliphatic rings. The highest BCUT2D eigenvalue weighted by Crippen LogP contribution is 2.40. The van der Waals surface area contributed by atoms with E-state index in [9.17, 15) is 47.9 Å². The third-order valence-electron chi connectivity index (χ3n) is 26.3. The SMILES string of the molecule is CC(=O)NC1CC(OCCCCCCCCCCCCNC(=O)CCOCC(COCCC(=O)CCCCCCCCCCCCCOC2CC(COC(C)=O)C(C)C(C)C2NC(C)=O)(COCCC(=O)CCCCCCCCCCCCCOC2CC(COC(C)=O)C(C)C(C)C2NC(C)=O)NCC(=O)c2ccccc2)C(COC(C)=O)C(C)C1C. The molecule has 4 amide bonds. The van der Waals surface area contributed by atoms with Gasteiger partial charge in [-0.25, -0.2) is 0 Å². The van der Waals surface area contributed by atoms with Crippen molar-refractivity contribution in [2.45, 2.75) is 382 Å². The van der Waals surface area contributed by atoms with E-state index in [0.29, 0.717) is 71.0 Å². The van der Waals surface area contributed by atoms with E-state index in [2.05, 4.69) is 68.1 Å². The lowest BCUT2D eigenvalue weighted by Crippen LogP contribution is -2.58. The molecule has 15 atom stereocenters. The number of Topliss-reactive ketones (excluding diaryl/α,β-unsaturated/α-hetero) is 3. The largest absolute Gasteiger partial charge is 0.466 e. The molecule has 0 aromatic heterocycles. The first-order chi connectivity index (χ1) is 58.7. The minimum atomic E-state index is -1.05. The number of unbranched alkanes of at least 4 members (excludes halogenated alkanes) is 29. The fourth-order valence-electron chi connectivity index (χ4n) is 18.1. The number of hydrogen-bond acceptors (Lipinski definition) is 20. The van der Waals surface area contributed by atoms with Crippen LogP contribution in [0.25, 0.3) is 0 Å². The molecule has 1 aromatic rings. The number of esters is 3. The molecule has 0 bridgehead atoms. The maximum atomic E-state index is 13.7. The number of benzene rings is 1. The normalized spacial score (nSPS) is 23.2. The zero-order valence-corrected chi connectivity index (χ0v) is 78.0. The molecule has 3 saturated carbocycles. The summed E-state index contributed by atoms with van der Waals surface area (Å²) in [6.07, 6.45) is 38.4. The van der Waals surface area contributed by atoms with E-state index in [1.165, 1.54) is 91.4 Å². The molecule has 24 nitrogen and oxygen atoms in total. The van der Waals surface area contributed by atoms with Gasteiger partial charge in [-0.1, -0.05) is 239 Å². The number of hydrogen-bond donors (Lipinski definition) is 5. The van der Waals surface area contributed by atoms with Gasteiger partial charge in [0.2, 0.25) is 23.6 Å². The number of nitrogens with one attached hydrogen (secondary N) is 5. The molecule has 1 aromatic carbocycles. The molecule has 4 rings (SSSR count). The van der Waals surface area contributed by atoms with Crippen molar-refractivity contribution >= 4 is 58.9 Å². The van der Waals surface area contributed by atoms with Gasteiger partial charge in [-0.3, -0.25) is 53.3 Å². The molecule has 0 saturated heterocycles. The van der Waals surface area contributed by atoms with Gasteiger partial charge in [0.25, 0.3) is 0 Å². The molecule has 0 aliphatic heterocycles. The predicted molar refractivity (Wildman–Crippen MR) is 479 cm³/mol. The Morgan fingerprint density at radius 3 is 1.09 bits per heavy atom. The first-order valence-electron chi connectivity index (χ1n) is 48.1. The monoisotopic (exact) mass is 1720 g/mol. The van der Waals surface area contributed by atoms with E-state index in [1.807, 2.05) is 18.2 Å². The third-order valence-corrected chi connectivity index (χ3v) is 26.3. The Labute approximate surface area is 735 Å². The fourth-order valence-corrected chi connectivity index (χ4v) is 18.1. The summed E-state index contributed by atoms with van der Waals surface area (Å²) in [7, 11) is 0. The van der Waals surface area contributed by atoms with Crippen LogP contribution >= 0.6 is 0 Å². The summed E-state index contributed by atoms with van der Waals surface area (Å²) < 4.78 is 54.4. The van der Waals surface area contributed by atoms with Crippen LogP contribution in [0, 0.1) is 53.3 Å². The lowest BCUT2D eigenvalue weighted by atomic mass is 9.69. The second kappa shape index (κ2) is 65.8. The quantitative estimate of drug-likeness (QED) is 0.0175. The molecule has 0 radical (unpaired) electrons. The number of carbonyl (C=O) groups is 10. The van der Waals surface area contributed by atoms with Crippen molar-refractivity contribution < 1.29 is 90.6 Å². The first kappa shape index (κ1) is 109. The van der Waals surface area contributed by atoms with Crippen molar-refractivity contribution in [1.29, 1.82) is 0 Å². The Bertz CT molecular complexity index is 2940. The van der Waals surface area contributed by atoms with Crippen LogP contribution in [0.2, 0.25) is 0 Å². The molecular weight excluding hydrogens is 1550 g/mol. The second-order valence-electron chi connectivity index (χ2n) is 36.5. The molecule has 5 N–H and O–H groups in total. The molecular formula is C98H169N5O19. The predicted octanol–water partition coefficient (Wildman–Crippen LogP) is 17.2. The third kappa shape index (κ3) is 48.3. The van der Waals surface area contributed by atoms with Crippen molar-refractivity contribution in [2.24, 2.45) is 53.3 Å². The zero-order chi connectivity index (χ0) is 89.1. The van der Waals surface area contributed by atoms with E-state index in [1.54, 1.807) is 32.9 Å². The molecule has 3 aliphatic carbocycles. The molecule has 122 heavy (non-hydrogen) atoms. The molecule has 700 valence electrons. The Kier molecular flexibility index (Phi) is 58.5. The molecule has 24 heteroatoms. The Balaban J connectivity index is 1.17. The smallest absolute Gasteiger partial charge is 0.302 e. The van der Waals surface area contributed by atoms with Crippen LogP contribution in [0.15, 0.2) is 30.3 Å². The van der Waals surface area contributed by atoms with Gasteiger partial charge in [-0.05, 0) is 105 Å². The molecule has 15 unspecified atom stereocenters. The van der Waals surface area contributed by atoms with Gasteiger partial charge in [-0.2, -0.15) is 0 Å². The minimum absolute atomic E-state index is 0.0296. The summed E-state index contributed by atoms with van der Waals surface area (Å²) in [5.41, 5.74) is -0.509. The topological polar surface area (TPSA) is 314 Å². The zero-order valence-electron chi connectivity index (χ0n) is 78.0. The number of ketones is 3. The van der Waals surface area contributed by atoms with E-state index in [0.717, 1.165) is 148 Å². The summed E-state index contributed by atoms with van der Waals surface area (Å²) in [6, 6.07) is 8.95. The van der Waals surface area contributed by atoms with Gasteiger partial charge in [0, 0.05) is 118 Å². The minimum Gasteiger partial charge on any atom is -0.466 e. The van der Waals surface area contributed by atoms with Crippen LogP contribution in [0.3, 0.4) is 0 Å². The van der Waals surface area contributed by atoms with Gasteiger partial charge in [0.1, 0.15) is 11.6 Å². The number of ether oxygens (including phenoxy) is 9. The van der Waals surface area contributed by atoms with Gasteiger partial charge in [0.05, 0.1) is 102 Å². The highest BCUT2D eigenvalue weighted by molar-refractivity contribution is 5.97. The van der Waals surface area contributed by atoms with Crippen LogP contribution < -0.4 is 26.6 Å². The molecule has 0 spiro atoms. The summed E-state index contributed by atoms with van der Waals surface area (Å²) in [5.74, 6) is 0.924. The number of rotatable bonds is 72. The number of amides is 4. The van der Waals surface area contributed by atoms with Gasteiger partial charge >= 0.3 is 17.9 Å². The molecule has 3 fully saturated rings. The summed E-state index contributed by atoms with van der Waals surface area (Å²) in [5, 5.41) is 15.9. The first-order valence-corrected chi connectivity index (χ1v) is 48.1. The standard InChI is InChI=1S/C98H169N5O19/c1-72-76(5)96(102-79(8)105)93(62-85(72)66-120-81(10)107)118-57-46-37-31-24-18-13-15-21-27-33-42-50-87(110)52-59-114-69-98(100-65-91(112)84-48-40-39-41-49-84,70-115-60-53-88(111)51-43-34-28-22-16-14-19-25-32-38-47-58-119-94-63-86(67-121-82(11)108)73(2)77(6)97(94)103-80(9)106)71-116-61-54-95(113)99-55-44-35-29-23-17-20-26-30-36-45-56-117-92-64-90(101-78(7)104)75(4)74(3)89(92)68-122-83(12)109/h39-41,48-49,72-77,85-86,89-90,92-94,96-97,100H,13-38,42-47,50-71H2,1-12H3,(H,99,113)(H,101,104)(H,102,105)(H,103,106). The van der Waals surface area contributed by atoms with Gasteiger partial charge in [0.15, 0.2) is 5.78 Å². The van der Waals surface area contributed by atoms with Crippen molar-refractivity contribution in [1.82, 2.24) is 26.6 Å². The Morgan fingerprint density at radius 2 is 0.705 bits per heavy atom. The van der Waals surface area contributed by atoms with Crippen molar-refractivity contribution in [3.63, 3.8) is 0 Å². The number of carbonyl (C=O) groups excluding carboxylic acids is 10. The summed E-state index contributed by atoms with van der Waals surface area (Å²) in [4.78, 5) is 124. The van der Waals surface area contributed by atoms with E-state index in [-0.39, 0.29) is 214 Å². The van der Waals surface area contributed by atoms with E-state index < -0.39 is 5.54 Å². The lowest BCUT2D eigenvalue weighted by molar-refractivity contribution is -0.149. The van der Waals surface area contributed by atoms with Crippen LogP contribution in [-0.4, -0.2) is 193 Å². The maximum absolute atomic E-state index is 13.7. The molecule has 0 heterocycles. The van der Waals surface area contributed by atoms with Crippen LogP contribution in [0.5, 0.6) is 0 Å². The summed E-state index contributed by atoms with van der Waals surface area (Å²) in [6.45, 7) is 26.1. The Morgan fingerprint density at radius 1 is 0.352 bits per heavy atom. The highest BCUT2D eigenvalue weighted by Gasteiger charge is 2.45. The van der Waals surface area contributed by atoms with Gasteiger partial charge < -0.3 is 63.9 Å². The average molecular weight is 1720 g/mol. The van der Waals surface area contributed by atoms with Crippen LogP contribution in [0.4, 0.5) is 0 Å². The second-order valence-corrected chi connectivity index (χ2v) is 36.5. The highest BCUT2D eigenvalue weighted by atomic mass is 16.5. The van der Waals surface area contributed by atoms with Crippen LogP contribution in [-0.2, 0) is 85.8 Å². The van der Waals surface area contributed by atoms with Gasteiger partial charge in [-0.15, -0.1) is 0 Å². The fraction of sp³-hybridized carbons (Fsp3) is 0.837. The van der Waals surface area contributed by atoms with E-state index >= 15 is 0 Å². The van der Waals surface area contributed by atoms with Crippen molar-refractivity contribution in [3.05, 3.63) is 35.9 Å². The van der Waals surface area contributed by atoms with Crippen molar-refractivity contribution in [3.8, 4) is 0 Å².